The van der Waals surface area contributed by atoms with E-state index in [0.29, 0.717) is 22.8 Å². The summed E-state index contributed by atoms with van der Waals surface area (Å²) in [6.07, 6.45) is 1.36. The Morgan fingerprint density at radius 3 is 2.46 bits per heavy atom. The molecule has 1 heterocycles. The number of amides is 1. The number of hydrogen-bond acceptors (Lipinski definition) is 10. The number of benzene rings is 2. The Bertz CT molecular complexity index is 1410. The first kappa shape index (κ1) is 25.5. The van der Waals surface area contributed by atoms with Gasteiger partial charge in [0.15, 0.2) is 0 Å². The molecule has 180 valence electrons. The third kappa shape index (κ3) is 6.46. The predicted octanol–water partition coefficient (Wildman–Crippen LogP) is 3.75. The van der Waals surface area contributed by atoms with Gasteiger partial charge in [-0.3, -0.25) is 20.2 Å². The zero-order chi connectivity index (χ0) is 25.6. The van der Waals surface area contributed by atoms with Crippen molar-refractivity contribution in [3.05, 3.63) is 75.3 Å². The first-order valence-electron chi connectivity index (χ1n) is 10.1. The largest absolute Gasteiger partial charge is 0.489 e. The van der Waals surface area contributed by atoms with Crippen LogP contribution in [0.15, 0.2) is 59.3 Å². The molecule has 1 aromatic heterocycles. The molecule has 0 aliphatic heterocycles. The van der Waals surface area contributed by atoms with Gasteiger partial charge in [-0.25, -0.2) is 8.42 Å². The molecule has 0 fully saturated rings. The minimum absolute atomic E-state index is 0.00521. The summed E-state index contributed by atoms with van der Waals surface area (Å²) in [5.41, 5.74) is 1.09. The molecule has 3 rings (SSSR count). The Labute approximate surface area is 204 Å². The fourth-order valence-electron chi connectivity index (χ4n) is 2.61. The van der Waals surface area contributed by atoms with Gasteiger partial charge in [-0.1, -0.05) is 12.1 Å². The maximum absolute atomic E-state index is 12.5. The molecular weight excluding hydrogens is 494 g/mol. The van der Waals surface area contributed by atoms with Gasteiger partial charge >= 0.3 is 0 Å². The van der Waals surface area contributed by atoms with Gasteiger partial charge in [-0.05, 0) is 55.3 Å². The normalized spacial score (nSPS) is 11.7. The second-order valence-corrected chi connectivity index (χ2v) is 10.5. The number of non-ortho nitro benzene ring substituents is 1. The van der Waals surface area contributed by atoms with Gasteiger partial charge in [0.05, 0.1) is 10.2 Å². The minimum atomic E-state index is -3.68. The summed E-state index contributed by atoms with van der Waals surface area (Å²) in [5.74, 6) is -0.230. The van der Waals surface area contributed by atoms with E-state index in [2.05, 4.69) is 14.7 Å². The van der Waals surface area contributed by atoms with Crippen LogP contribution in [0.5, 0.6) is 5.75 Å². The standard InChI is InChI=1S/C22H19N5O6S2/c1-14(2)35(31,32)22-25-21(34-26-22)24-20(28)17(12-23)11-15-5-9-19(10-6-15)33-13-16-3-7-18(8-4-16)27(29)30/h3-11,14H,13H2,1-2H3,(H,24,25,26,28)/b17-11-. The van der Waals surface area contributed by atoms with E-state index in [4.69, 9.17) is 4.74 Å². The number of anilines is 1. The number of nitriles is 1. The number of hydrogen-bond donors (Lipinski definition) is 1. The highest BCUT2D eigenvalue weighted by molar-refractivity contribution is 7.91. The van der Waals surface area contributed by atoms with E-state index in [0.717, 1.165) is 5.56 Å². The highest BCUT2D eigenvalue weighted by Crippen LogP contribution is 2.21. The smallest absolute Gasteiger partial charge is 0.269 e. The summed E-state index contributed by atoms with van der Waals surface area (Å²) in [6, 6.07) is 14.4. The van der Waals surface area contributed by atoms with Gasteiger partial charge in [-0.15, -0.1) is 0 Å². The van der Waals surface area contributed by atoms with Gasteiger partial charge < -0.3 is 4.74 Å². The van der Waals surface area contributed by atoms with Gasteiger partial charge in [-0.2, -0.15) is 14.6 Å². The number of nitro benzene ring substituents is 1. The Kier molecular flexibility index (Phi) is 7.90. The lowest BCUT2D eigenvalue weighted by atomic mass is 10.1. The fraction of sp³-hybridized carbons (Fsp3) is 0.182. The second kappa shape index (κ2) is 10.9. The molecule has 0 unspecified atom stereocenters. The average molecular weight is 514 g/mol. The molecule has 0 spiro atoms. The van der Waals surface area contributed by atoms with Crippen LogP contribution in [-0.2, 0) is 21.2 Å². The van der Waals surface area contributed by atoms with Crippen LogP contribution < -0.4 is 10.1 Å². The van der Waals surface area contributed by atoms with Gasteiger partial charge in [0.2, 0.25) is 15.0 Å². The maximum Gasteiger partial charge on any atom is 0.269 e. The van der Waals surface area contributed by atoms with Crippen molar-refractivity contribution >= 4 is 44.2 Å². The number of ether oxygens (including phenoxy) is 1. The number of nitrogens with one attached hydrogen (secondary N) is 1. The third-order valence-corrected chi connectivity index (χ3v) is 7.29. The molecule has 0 bridgehead atoms. The molecule has 3 aromatic rings. The minimum Gasteiger partial charge on any atom is -0.489 e. The Morgan fingerprint density at radius 2 is 1.89 bits per heavy atom. The average Bonchev–Trinajstić information content (AvgIpc) is 3.31. The third-order valence-electron chi connectivity index (χ3n) is 4.61. The van der Waals surface area contributed by atoms with Gasteiger partial charge in [0.25, 0.3) is 16.8 Å². The lowest BCUT2D eigenvalue weighted by molar-refractivity contribution is -0.384. The number of sulfone groups is 1. The van der Waals surface area contributed by atoms with Crippen LogP contribution in [0.2, 0.25) is 0 Å². The van der Waals surface area contributed by atoms with Crippen molar-refractivity contribution in [3.63, 3.8) is 0 Å². The molecule has 0 aliphatic carbocycles. The van der Waals surface area contributed by atoms with Crippen LogP contribution >= 0.6 is 11.5 Å². The highest BCUT2D eigenvalue weighted by atomic mass is 32.2. The molecular formula is C22H19N5O6S2. The number of carbonyl (C=O) groups is 1. The summed E-state index contributed by atoms with van der Waals surface area (Å²) in [6.45, 7) is 3.20. The lowest BCUT2D eigenvalue weighted by Gasteiger charge is -2.07. The molecule has 0 atom stereocenters. The molecule has 0 saturated carbocycles. The SMILES string of the molecule is CC(C)S(=O)(=O)c1nsc(NC(=O)/C(C#N)=C\c2ccc(OCc3ccc([N+](=O)[O-])cc3)cc2)n1. The van der Waals surface area contributed by atoms with Gasteiger partial charge in [0, 0.05) is 23.7 Å². The molecule has 11 nitrogen and oxygen atoms in total. The zero-order valence-electron chi connectivity index (χ0n) is 18.5. The van der Waals surface area contributed by atoms with E-state index in [9.17, 15) is 28.6 Å². The van der Waals surface area contributed by atoms with E-state index in [1.165, 1.54) is 32.1 Å². The number of nitrogens with zero attached hydrogens (tertiary/aromatic N) is 4. The molecule has 2 aromatic carbocycles. The van der Waals surface area contributed by atoms with E-state index >= 15 is 0 Å². The second-order valence-electron chi connectivity index (χ2n) is 7.38. The van der Waals surface area contributed by atoms with Crippen LogP contribution in [0, 0.1) is 21.4 Å². The van der Waals surface area contributed by atoms with Crippen molar-refractivity contribution in [2.24, 2.45) is 0 Å². The summed E-state index contributed by atoms with van der Waals surface area (Å²) >= 11 is 0.705. The van der Waals surface area contributed by atoms with E-state index in [1.54, 1.807) is 36.4 Å². The first-order chi connectivity index (χ1) is 16.6. The molecule has 13 heteroatoms. The summed E-state index contributed by atoms with van der Waals surface area (Å²) in [4.78, 5) is 26.5. The van der Waals surface area contributed by atoms with E-state index in [-0.39, 0.29) is 28.2 Å². The Morgan fingerprint density at radius 1 is 1.23 bits per heavy atom. The van der Waals surface area contributed by atoms with Crippen molar-refractivity contribution in [2.45, 2.75) is 30.9 Å². The van der Waals surface area contributed by atoms with Gasteiger partial charge in [0.1, 0.15) is 24.0 Å². The van der Waals surface area contributed by atoms with Crippen molar-refractivity contribution in [2.75, 3.05) is 5.32 Å². The number of aromatic nitrogens is 2. The van der Waals surface area contributed by atoms with Crippen LogP contribution in [0.4, 0.5) is 10.8 Å². The lowest BCUT2D eigenvalue weighted by Crippen LogP contribution is -2.16. The highest BCUT2D eigenvalue weighted by Gasteiger charge is 2.25. The van der Waals surface area contributed by atoms with Crippen LogP contribution in [0.1, 0.15) is 25.0 Å². The zero-order valence-corrected chi connectivity index (χ0v) is 20.2. The number of rotatable bonds is 9. The maximum atomic E-state index is 12.5. The molecule has 0 radical (unpaired) electrons. The molecule has 1 amide bonds. The molecule has 0 saturated heterocycles. The topological polar surface area (TPSA) is 165 Å². The fourth-order valence-corrected chi connectivity index (χ4v) is 4.30. The number of carbonyl (C=O) groups excluding carboxylic acids is 1. The van der Waals surface area contributed by atoms with Crippen LogP contribution in [0.3, 0.4) is 0 Å². The molecule has 0 aliphatic rings. The number of nitro groups is 1. The summed E-state index contributed by atoms with van der Waals surface area (Å²) in [5, 5.41) is 21.4. The van der Waals surface area contributed by atoms with Crippen molar-refractivity contribution < 1.29 is 22.9 Å². The molecule has 1 N–H and O–H groups in total. The van der Waals surface area contributed by atoms with Crippen molar-refractivity contribution in [1.82, 2.24) is 9.36 Å². The molecule has 35 heavy (non-hydrogen) atoms. The quantitative estimate of drug-likeness (QED) is 0.194. The summed E-state index contributed by atoms with van der Waals surface area (Å²) < 4.78 is 33.7. The summed E-state index contributed by atoms with van der Waals surface area (Å²) in [7, 11) is -3.68. The first-order valence-corrected chi connectivity index (χ1v) is 12.4. The monoisotopic (exact) mass is 513 g/mol. The van der Waals surface area contributed by atoms with E-state index < -0.39 is 25.9 Å². The van der Waals surface area contributed by atoms with Crippen LogP contribution in [0.25, 0.3) is 6.08 Å². The van der Waals surface area contributed by atoms with Crippen LogP contribution in [-0.4, -0.2) is 33.9 Å². The van der Waals surface area contributed by atoms with E-state index in [1.807, 2.05) is 6.07 Å². The van der Waals surface area contributed by atoms with Crippen molar-refractivity contribution in [1.29, 1.82) is 5.26 Å². The Balaban J connectivity index is 1.63. The predicted molar refractivity (Wildman–Crippen MR) is 128 cm³/mol. The van der Waals surface area contributed by atoms with Crippen molar-refractivity contribution in [3.8, 4) is 11.8 Å². The Hall–Kier alpha value is -4.15.